The van der Waals surface area contributed by atoms with Crippen molar-refractivity contribution in [1.29, 1.82) is 0 Å². The first-order valence-corrected chi connectivity index (χ1v) is 41.0. The zero-order valence-electron chi connectivity index (χ0n) is 71.6. The Morgan fingerprint density at radius 3 is 1.10 bits per heavy atom. The van der Waals surface area contributed by atoms with E-state index in [9.17, 15) is 78.6 Å². The van der Waals surface area contributed by atoms with Gasteiger partial charge < -0.3 is 93.4 Å². The molecule has 0 radical (unpaired) electrons. The van der Waals surface area contributed by atoms with Crippen LogP contribution in [0, 0.1) is 33.5 Å². The van der Waals surface area contributed by atoms with E-state index in [0.29, 0.717) is 22.3 Å². The summed E-state index contributed by atoms with van der Waals surface area (Å²) >= 11 is 0. The summed E-state index contributed by atoms with van der Waals surface area (Å²) < 4.78 is 67.2. The number of nitrogens with one attached hydrogen (secondary N) is 2. The molecule has 0 aromatic heterocycles. The summed E-state index contributed by atoms with van der Waals surface area (Å²) in [5.74, 6) is -10.1. The summed E-state index contributed by atoms with van der Waals surface area (Å²) in [5.41, 5.74) is -12.2. The van der Waals surface area contributed by atoms with Crippen LogP contribution >= 0.6 is 0 Å². The van der Waals surface area contributed by atoms with E-state index in [4.69, 9.17) is 52.1 Å². The molecular formula is C94H110N2O27. The number of benzene rings is 5. The minimum atomic E-state index is -2.29. The number of carbonyl (C=O) groups is 10. The first-order valence-electron chi connectivity index (χ1n) is 41.0. The molecule has 29 heteroatoms. The van der Waals surface area contributed by atoms with Gasteiger partial charge in [-0.2, -0.15) is 0 Å². The third-order valence-electron chi connectivity index (χ3n) is 26.8. The molecule has 2 saturated heterocycles. The second-order valence-electron chi connectivity index (χ2n) is 35.8. The molecular weight excluding hydrogens is 1590 g/mol. The highest BCUT2D eigenvalue weighted by molar-refractivity contribution is 5.95. The minimum Gasteiger partial charge on any atom is -0.456 e. The molecule has 658 valence electrons. The third kappa shape index (κ3) is 16.4. The summed E-state index contributed by atoms with van der Waals surface area (Å²) in [7, 11) is 0. The summed E-state index contributed by atoms with van der Waals surface area (Å²) in [5, 5.41) is 80.8. The normalized spacial score (nSPS) is 32.2. The molecule has 5 aromatic rings. The summed E-state index contributed by atoms with van der Waals surface area (Å²) in [6.07, 6.45) is -19.3. The number of aliphatic hydroxyl groups excluding tert-OH is 4. The SMILES string of the molecule is C=C1[C@H](OC(C)=O)C2=C(C)[C@@H](OC(=O)[C@H](O)[C@@H](NC(=O)OC(C)(C)C)c3ccccc3)C[C@@](O)([C@@H](OC(=O)c3ccccc3)C3[C@@]1(C)[C@@H](O)C[C@H]1OC[C@@]31OC(C)=O)C2(C)C.C=C1[C@H](OC(C)=O)C2=C(C)[C@@H](OC(=O)[C@H](O)[C@@H](NC(=O)c3ccccc3)c3ccccc3)C[C@@](O)([C@@H](OC(=O)c3ccccc3)C3[C@@]1(C)[C@@H](O)C[C@H]1OC[C@@]31OC(C)=O)C2(C)C. The van der Waals surface area contributed by atoms with Gasteiger partial charge in [-0.25, -0.2) is 24.0 Å². The zero-order chi connectivity index (χ0) is 90.0. The monoisotopic (exact) mass is 1700 g/mol. The smallest absolute Gasteiger partial charge is 0.408 e. The van der Waals surface area contributed by atoms with Gasteiger partial charge in [0.25, 0.3) is 5.91 Å². The van der Waals surface area contributed by atoms with E-state index < -0.39 is 219 Å². The minimum absolute atomic E-state index is 0.0488. The fraction of sp³-hybridized carbons (Fsp3) is 0.489. The van der Waals surface area contributed by atoms with Crippen molar-refractivity contribution in [2.45, 2.75) is 243 Å². The fourth-order valence-corrected chi connectivity index (χ4v) is 20.3. The molecule has 2 unspecified atom stereocenters. The molecule has 2 amide bonds. The number of aliphatic hydroxyl groups is 6. The van der Waals surface area contributed by atoms with Crippen molar-refractivity contribution in [3.05, 3.63) is 226 Å². The number of esters is 8. The van der Waals surface area contributed by atoms with Gasteiger partial charge in [-0.15, -0.1) is 0 Å². The molecule has 2 aliphatic heterocycles. The lowest BCUT2D eigenvalue weighted by atomic mass is 9.44. The Balaban J connectivity index is 0.000000225. The highest BCUT2D eigenvalue weighted by Gasteiger charge is 2.79. The number of rotatable bonds is 19. The van der Waals surface area contributed by atoms with Gasteiger partial charge in [-0.1, -0.05) is 170 Å². The van der Waals surface area contributed by atoms with Gasteiger partial charge in [0.1, 0.15) is 65.6 Å². The average molecular weight is 1700 g/mol. The van der Waals surface area contributed by atoms with E-state index in [0.717, 1.165) is 0 Å². The van der Waals surface area contributed by atoms with Crippen molar-refractivity contribution in [1.82, 2.24) is 10.6 Å². The molecule has 8 N–H and O–H groups in total. The lowest BCUT2D eigenvalue weighted by Crippen LogP contribution is -2.80. The molecule has 8 aliphatic rings. The second kappa shape index (κ2) is 34.4. The van der Waals surface area contributed by atoms with Crippen molar-refractivity contribution in [2.24, 2.45) is 33.5 Å². The summed E-state index contributed by atoms with van der Waals surface area (Å²) in [6, 6.07) is 38.3. The van der Waals surface area contributed by atoms with E-state index in [1.54, 1.807) is 204 Å². The Morgan fingerprint density at radius 1 is 0.463 bits per heavy atom. The number of carbonyl (C=O) groups excluding carboxylic acids is 10. The lowest BCUT2D eigenvalue weighted by Gasteiger charge is -2.68. The Bertz CT molecular complexity index is 4990. The number of ether oxygens (including phenoxy) is 11. The van der Waals surface area contributed by atoms with Crippen molar-refractivity contribution in [3.63, 3.8) is 0 Å². The number of amides is 2. The average Bonchev–Trinajstić information content (AvgIpc) is 0.672. The molecule has 0 spiro atoms. The van der Waals surface area contributed by atoms with Gasteiger partial charge in [0.2, 0.25) is 0 Å². The molecule has 6 fully saturated rings. The molecule has 5 aromatic carbocycles. The van der Waals surface area contributed by atoms with Gasteiger partial charge >= 0.3 is 53.8 Å². The van der Waals surface area contributed by atoms with Crippen LogP contribution in [0.1, 0.15) is 184 Å². The van der Waals surface area contributed by atoms with Crippen LogP contribution < -0.4 is 10.6 Å². The highest BCUT2D eigenvalue weighted by Crippen LogP contribution is 2.69. The first-order chi connectivity index (χ1) is 57.7. The number of hydrogen-bond donors (Lipinski definition) is 8. The predicted octanol–water partition coefficient (Wildman–Crippen LogP) is 9.54. The number of alkyl carbamates (subject to hydrolysis) is 1. The van der Waals surface area contributed by atoms with Gasteiger partial charge in [0.15, 0.2) is 23.4 Å². The van der Waals surface area contributed by atoms with Crippen LogP contribution in [-0.4, -0.2) is 205 Å². The topological polar surface area (TPSA) is 418 Å². The maximum absolute atomic E-state index is 14.4. The van der Waals surface area contributed by atoms with Gasteiger partial charge in [0, 0.05) is 80.6 Å². The molecule has 6 aliphatic carbocycles. The maximum Gasteiger partial charge on any atom is 0.408 e. The van der Waals surface area contributed by atoms with Gasteiger partial charge in [-0.3, -0.25) is 24.0 Å². The molecule has 2 heterocycles. The summed E-state index contributed by atoms with van der Waals surface area (Å²) in [6.45, 7) is 31.5. The number of hydrogen-bond acceptors (Lipinski definition) is 27. The second-order valence-corrected chi connectivity index (χ2v) is 35.8. The van der Waals surface area contributed by atoms with Crippen molar-refractivity contribution < 1.29 is 131 Å². The molecule has 22 atom stereocenters. The molecule has 4 saturated carbocycles. The Labute approximate surface area is 713 Å². The van der Waals surface area contributed by atoms with Crippen molar-refractivity contribution in [3.8, 4) is 0 Å². The van der Waals surface area contributed by atoms with E-state index in [1.165, 1.54) is 52.0 Å². The van der Waals surface area contributed by atoms with Gasteiger partial charge in [-0.05, 0) is 116 Å². The first kappa shape index (κ1) is 91.4. The van der Waals surface area contributed by atoms with Crippen LogP contribution in [0.15, 0.2) is 198 Å². The quantitative estimate of drug-likeness (QED) is 0.0216. The highest BCUT2D eigenvalue weighted by atomic mass is 16.7. The van der Waals surface area contributed by atoms with E-state index in [-0.39, 0.29) is 65.0 Å². The van der Waals surface area contributed by atoms with E-state index >= 15 is 0 Å². The largest absolute Gasteiger partial charge is 0.456 e. The van der Waals surface area contributed by atoms with Crippen LogP contribution in [0.25, 0.3) is 0 Å². The van der Waals surface area contributed by atoms with E-state index in [2.05, 4.69) is 23.8 Å². The molecule has 123 heavy (non-hydrogen) atoms. The zero-order valence-corrected chi connectivity index (χ0v) is 71.6. The van der Waals surface area contributed by atoms with Crippen molar-refractivity contribution >= 4 is 59.8 Å². The molecule has 29 nitrogen and oxygen atoms in total. The fourth-order valence-electron chi connectivity index (χ4n) is 20.3. The van der Waals surface area contributed by atoms with Crippen LogP contribution in [0.5, 0.6) is 0 Å². The van der Waals surface area contributed by atoms with Crippen LogP contribution in [-0.2, 0) is 80.9 Å². The third-order valence-corrected chi connectivity index (χ3v) is 26.8. The Kier molecular flexibility index (Phi) is 25.6. The van der Waals surface area contributed by atoms with Crippen molar-refractivity contribution in [2.75, 3.05) is 13.2 Å². The standard InChI is InChI=1S/C48H53NO13.C46H57NO14/c1-26-33(60-44(56)38(53)37(30-17-11-8-12-18-30)49-42(54)31-19-13-9-14-20-31)24-48(57)41(61-43(55)32-21-15-10-16-22-32)40-46(7,27(2)39(59-28(3)50)36(26)45(48,5)6)34(52)23-35-47(40,25-58-35)62-29(4)51;1-24-30(58-40(53)35(51)34(28-17-13-11-14-18-28)47-41(54)61-42(5,6)7)22-46(55)38(59-39(52)29-19-15-12-16-20-29)37-44(10,25(2)36(57-26(3)48)33(24)43(46,8)9)31(50)21-32-45(37,23-56-32)60-27(4)49/h8-22,33-35,37-41,52-53,57H,2,23-25H2,1,3-7H3,(H,49,54);11-20,30-32,34-38,50-51,55H,2,21-23H2,1,3-10H3,(H,47,54)/t33-,34-,35+,37-,38+,39-,40?,41-,46+,47-,48+;30-,31-,32+,34-,35+,36-,37?,38-,44+,45-,46+/m00/s1. The maximum atomic E-state index is 14.4. The van der Waals surface area contributed by atoms with E-state index in [1.807, 2.05) is 0 Å². The Hall–Kier alpha value is -10.8. The number of fused-ring (bicyclic) bond motifs is 10. The Morgan fingerprint density at radius 2 is 0.789 bits per heavy atom. The van der Waals surface area contributed by atoms with Crippen LogP contribution in [0.3, 0.4) is 0 Å². The predicted molar refractivity (Wildman–Crippen MR) is 439 cm³/mol. The summed E-state index contributed by atoms with van der Waals surface area (Å²) in [4.78, 5) is 136. The molecule has 4 bridgehead atoms. The van der Waals surface area contributed by atoms with Crippen LogP contribution in [0.4, 0.5) is 4.79 Å². The lowest BCUT2D eigenvalue weighted by molar-refractivity contribution is -0.346. The van der Waals surface area contributed by atoms with Crippen LogP contribution in [0.2, 0.25) is 0 Å². The molecule has 13 rings (SSSR count). The van der Waals surface area contributed by atoms with Gasteiger partial charge in [0.05, 0.1) is 60.5 Å².